The zero-order valence-corrected chi connectivity index (χ0v) is 11.4. The van der Waals surface area contributed by atoms with E-state index in [-0.39, 0.29) is 7.43 Å². The van der Waals surface area contributed by atoms with Gasteiger partial charge in [-0.1, -0.05) is 58.7 Å². The Morgan fingerprint density at radius 2 is 1.17 bits per heavy atom. The first-order valence-electron chi connectivity index (χ1n) is 5.98. The Morgan fingerprint density at radius 3 is 1.44 bits per heavy atom. The molecule has 18 heavy (non-hydrogen) atoms. The van der Waals surface area contributed by atoms with E-state index in [0.717, 1.165) is 11.4 Å². The summed E-state index contributed by atoms with van der Waals surface area (Å²) in [4.78, 5) is 3.35. The molecule has 100 valence electrons. The number of rotatable bonds is 4. The molecule has 0 fully saturated rings. The maximum Gasteiger partial charge on any atom is 0.0417 e. The Labute approximate surface area is 113 Å². The lowest BCUT2D eigenvalue weighted by Crippen LogP contribution is -1.75. The van der Waals surface area contributed by atoms with Crippen LogP contribution in [0.2, 0.25) is 0 Å². The average molecular weight is 245 g/mol. The first kappa shape index (κ1) is 18.6. The Balaban J connectivity index is 0. The molecule has 1 aromatic heterocycles. The van der Waals surface area contributed by atoms with E-state index in [0.29, 0.717) is 0 Å². The van der Waals surface area contributed by atoms with E-state index in [1.807, 2.05) is 38.2 Å². The van der Waals surface area contributed by atoms with Gasteiger partial charge in [0.1, 0.15) is 0 Å². The maximum atomic E-state index is 3.66. The number of H-pyrrole nitrogens is 1. The molecule has 0 saturated carbocycles. The van der Waals surface area contributed by atoms with E-state index < -0.39 is 0 Å². The lowest BCUT2D eigenvalue weighted by molar-refractivity contribution is 1.32. The smallest absolute Gasteiger partial charge is 0.0417 e. The van der Waals surface area contributed by atoms with Crippen molar-refractivity contribution in [3.8, 4) is 0 Å². The molecule has 1 heterocycles. The number of aromatic amines is 1. The van der Waals surface area contributed by atoms with Crippen LogP contribution in [0.5, 0.6) is 0 Å². The van der Waals surface area contributed by atoms with E-state index in [2.05, 4.69) is 32.0 Å². The van der Waals surface area contributed by atoms with Gasteiger partial charge in [0.05, 0.1) is 0 Å². The molecule has 1 nitrogen and oxygen atoms in total. The third kappa shape index (κ3) is 5.05. The summed E-state index contributed by atoms with van der Waals surface area (Å²) in [5.74, 6) is 0. The predicted molar refractivity (Wildman–Crippen MR) is 86.8 cm³/mol. The van der Waals surface area contributed by atoms with Crippen molar-refractivity contribution >= 4 is 12.2 Å². The Bertz CT molecular complexity index is 379. The van der Waals surface area contributed by atoms with Gasteiger partial charge in [-0.3, -0.25) is 0 Å². The number of hydrogen-bond donors (Lipinski definition) is 1. The van der Waals surface area contributed by atoms with Crippen LogP contribution < -0.4 is 0 Å². The normalized spacial score (nSPS) is 9.78. The minimum atomic E-state index is 0. The molecule has 1 rings (SSSR count). The van der Waals surface area contributed by atoms with Crippen LogP contribution in [0.1, 0.15) is 43.8 Å². The summed E-state index contributed by atoms with van der Waals surface area (Å²) < 4.78 is 0. The molecule has 0 aliphatic carbocycles. The standard InChI is InChI=1S/C14H17N.C2H6.CH4/c1-5-7-9-13-11(3)12(4)14(15-13)10-8-6-2;1-2;/h5-10,15H,1-2H2,3-4H3;1-2H3;1H4/b9-7-,10-8-;;. The van der Waals surface area contributed by atoms with Crippen LogP contribution in [-0.2, 0) is 0 Å². The molecule has 0 amide bonds. The summed E-state index contributed by atoms with van der Waals surface area (Å²) in [6.07, 6.45) is 11.5. The molecule has 1 aromatic rings. The van der Waals surface area contributed by atoms with Gasteiger partial charge in [0.15, 0.2) is 0 Å². The Morgan fingerprint density at radius 1 is 0.833 bits per heavy atom. The van der Waals surface area contributed by atoms with Crippen molar-refractivity contribution < 1.29 is 0 Å². The minimum Gasteiger partial charge on any atom is -0.355 e. The number of aromatic nitrogens is 1. The van der Waals surface area contributed by atoms with Gasteiger partial charge in [-0.05, 0) is 37.1 Å². The lowest BCUT2D eigenvalue weighted by Gasteiger charge is -1.90. The largest absolute Gasteiger partial charge is 0.355 e. The van der Waals surface area contributed by atoms with Crippen molar-refractivity contribution in [2.75, 3.05) is 0 Å². The Kier molecular flexibility index (Phi) is 10.7. The zero-order chi connectivity index (χ0) is 13.3. The second-order valence-corrected chi connectivity index (χ2v) is 3.39. The topological polar surface area (TPSA) is 15.8 Å². The zero-order valence-electron chi connectivity index (χ0n) is 11.4. The predicted octanol–water partition coefficient (Wildman–Crippen LogP) is 5.69. The molecule has 0 bridgehead atoms. The monoisotopic (exact) mass is 245 g/mol. The van der Waals surface area contributed by atoms with Gasteiger partial charge < -0.3 is 4.98 Å². The number of allylic oxidation sites excluding steroid dienone is 4. The van der Waals surface area contributed by atoms with E-state index in [4.69, 9.17) is 0 Å². The lowest BCUT2D eigenvalue weighted by atomic mass is 10.1. The second-order valence-electron chi connectivity index (χ2n) is 3.39. The third-order valence-corrected chi connectivity index (χ3v) is 2.44. The van der Waals surface area contributed by atoms with Crippen LogP contribution in [-0.4, -0.2) is 4.98 Å². The fourth-order valence-electron chi connectivity index (χ4n) is 1.40. The number of nitrogens with one attached hydrogen (secondary N) is 1. The van der Waals surface area contributed by atoms with Crippen molar-refractivity contribution in [3.05, 3.63) is 60.0 Å². The number of hydrogen-bond acceptors (Lipinski definition) is 0. The fourth-order valence-corrected chi connectivity index (χ4v) is 1.40. The highest BCUT2D eigenvalue weighted by molar-refractivity contribution is 5.62. The summed E-state index contributed by atoms with van der Waals surface area (Å²) in [7, 11) is 0. The van der Waals surface area contributed by atoms with Gasteiger partial charge in [-0.25, -0.2) is 0 Å². The van der Waals surface area contributed by atoms with Crippen LogP contribution in [0.25, 0.3) is 12.2 Å². The van der Waals surface area contributed by atoms with E-state index in [1.165, 1.54) is 11.1 Å². The van der Waals surface area contributed by atoms with Gasteiger partial charge in [-0.15, -0.1) is 0 Å². The maximum absolute atomic E-state index is 3.66. The highest BCUT2D eigenvalue weighted by atomic mass is 14.7. The summed E-state index contributed by atoms with van der Waals surface area (Å²) in [5, 5.41) is 0. The molecule has 1 N–H and O–H groups in total. The highest BCUT2D eigenvalue weighted by Gasteiger charge is 2.05. The van der Waals surface area contributed by atoms with Gasteiger partial charge >= 0.3 is 0 Å². The SMILES string of the molecule is C.C=C/C=C\c1[nH]c(/C=C\C=C)c(C)c1C.CC. The van der Waals surface area contributed by atoms with Crippen LogP contribution >= 0.6 is 0 Å². The summed E-state index contributed by atoms with van der Waals surface area (Å²) in [6.45, 7) is 15.5. The summed E-state index contributed by atoms with van der Waals surface area (Å²) >= 11 is 0. The van der Waals surface area contributed by atoms with E-state index in [1.54, 1.807) is 12.2 Å². The van der Waals surface area contributed by atoms with Crippen molar-refractivity contribution in [3.63, 3.8) is 0 Å². The first-order valence-corrected chi connectivity index (χ1v) is 5.98. The van der Waals surface area contributed by atoms with Crippen molar-refractivity contribution in [1.82, 2.24) is 4.98 Å². The van der Waals surface area contributed by atoms with Crippen LogP contribution in [0.3, 0.4) is 0 Å². The summed E-state index contributed by atoms with van der Waals surface area (Å²) in [5.41, 5.74) is 4.82. The molecular weight excluding hydrogens is 218 g/mol. The molecule has 0 unspecified atom stereocenters. The van der Waals surface area contributed by atoms with Gasteiger partial charge in [0, 0.05) is 11.4 Å². The molecule has 0 aliphatic heterocycles. The van der Waals surface area contributed by atoms with Gasteiger partial charge in [0.2, 0.25) is 0 Å². The van der Waals surface area contributed by atoms with Crippen molar-refractivity contribution in [2.45, 2.75) is 35.1 Å². The van der Waals surface area contributed by atoms with Crippen molar-refractivity contribution in [2.24, 2.45) is 0 Å². The molecule has 0 spiro atoms. The van der Waals surface area contributed by atoms with Crippen LogP contribution in [0.4, 0.5) is 0 Å². The summed E-state index contributed by atoms with van der Waals surface area (Å²) in [6, 6.07) is 0. The van der Waals surface area contributed by atoms with Gasteiger partial charge in [-0.2, -0.15) is 0 Å². The molecule has 0 atom stereocenters. The highest BCUT2D eigenvalue weighted by Crippen LogP contribution is 2.19. The molecular formula is C17H27N. The second kappa shape index (κ2) is 10.4. The Hall–Kier alpha value is -1.76. The molecule has 0 aliphatic rings. The van der Waals surface area contributed by atoms with Crippen molar-refractivity contribution in [1.29, 1.82) is 0 Å². The quantitative estimate of drug-likeness (QED) is 0.656. The first-order chi connectivity index (χ1) is 8.20. The average Bonchev–Trinajstić information content (AvgIpc) is 2.64. The van der Waals surface area contributed by atoms with Gasteiger partial charge in [0.25, 0.3) is 0 Å². The molecule has 0 aromatic carbocycles. The van der Waals surface area contributed by atoms with E-state index >= 15 is 0 Å². The van der Waals surface area contributed by atoms with Crippen LogP contribution in [0.15, 0.2) is 37.5 Å². The molecule has 0 radical (unpaired) electrons. The third-order valence-electron chi connectivity index (χ3n) is 2.44. The molecule has 1 heteroatoms. The van der Waals surface area contributed by atoms with Crippen LogP contribution in [0, 0.1) is 13.8 Å². The fraction of sp³-hybridized carbons (Fsp3) is 0.294. The molecule has 0 saturated heterocycles. The minimum absolute atomic E-state index is 0. The van der Waals surface area contributed by atoms with E-state index in [9.17, 15) is 0 Å².